The van der Waals surface area contributed by atoms with E-state index in [0.717, 1.165) is 25.7 Å². The van der Waals surface area contributed by atoms with E-state index in [1.165, 1.54) is 11.4 Å². The summed E-state index contributed by atoms with van der Waals surface area (Å²) in [6, 6.07) is 6.61. The van der Waals surface area contributed by atoms with E-state index < -0.39 is 16.1 Å². The second-order valence-corrected chi connectivity index (χ2v) is 8.13. The van der Waals surface area contributed by atoms with Crippen LogP contribution in [0.15, 0.2) is 24.3 Å². The second kappa shape index (κ2) is 8.53. The monoisotopic (exact) mass is 370 g/mol. The lowest BCUT2D eigenvalue weighted by atomic mass is 10.2. The van der Waals surface area contributed by atoms with Crippen LogP contribution in [-0.2, 0) is 19.6 Å². The van der Waals surface area contributed by atoms with Crippen molar-refractivity contribution in [2.75, 3.05) is 30.8 Å². The lowest BCUT2D eigenvalue weighted by molar-refractivity contribution is -0.128. The fraction of sp³-hybridized carbons (Fsp3) is 0.588. The Morgan fingerprint density at radius 2 is 2.08 bits per heavy atom. The number of sulfonamides is 1. The molecule has 1 saturated heterocycles. The van der Waals surface area contributed by atoms with E-state index in [4.69, 9.17) is 9.47 Å². The molecule has 0 bridgehead atoms. The number of anilines is 1. The summed E-state index contributed by atoms with van der Waals surface area (Å²) in [6.45, 7) is 3.13. The van der Waals surface area contributed by atoms with Crippen molar-refractivity contribution < 1.29 is 22.7 Å². The summed E-state index contributed by atoms with van der Waals surface area (Å²) >= 11 is 0. The third-order valence-electron chi connectivity index (χ3n) is 4.17. The van der Waals surface area contributed by atoms with Gasteiger partial charge >= 0.3 is 0 Å². The molecule has 1 aliphatic rings. The topological polar surface area (TPSA) is 84.9 Å². The van der Waals surface area contributed by atoms with Crippen LogP contribution in [0.3, 0.4) is 0 Å². The summed E-state index contributed by atoms with van der Waals surface area (Å²) < 4.78 is 35.5. The number of nitrogens with zero attached hydrogens (tertiary/aromatic N) is 1. The Morgan fingerprint density at radius 3 is 2.60 bits per heavy atom. The van der Waals surface area contributed by atoms with Gasteiger partial charge in [-0.3, -0.25) is 9.10 Å². The maximum absolute atomic E-state index is 12.3. The zero-order valence-electron chi connectivity index (χ0n) is 14.9. The molecule has 0 radical (unpaired) electrons. The summed E-state index contributed by atoms with van der Waals surface area (Å²) in [5, 5.41) is 2.87. The number of amides is 1. The predicted octanol–water partition coefficient (Wildman–Crippen LogP) is 1.53. The van der Waals surface area contributed by atoms with Crippen LogP contribution in [0.2, 0.25) is 0 Å². The van der Waals surface area contributed by atoms with Gasteiger partial charge in [0.05, 0.1) is 18.0 Å². The lowest BCUT2D eigenvalue weighted by Crippen LogP contribution is -2.41. The van der Waals surface area contributed by atoms with E-state index in [2.05, 4.69) is 5.32 Å². The van der Waals surface area contributed by atoms with E-state index in [1.54, 1.807) is 24.3 Å². The first-order valence-corrected chi connectivity index (χ1v) is 10.3. The SMILES string of the molecule is CC[C@H](Oc1ccc(N(C)S(C)(=O)=O)cc1)C(=O)NC[C@@H]1CCCO1. The van der Waals surface area contributed by atoms with Gasteiger partial charge in [0.25, 0.3) is 5.91 Å². The van der Waals surface area contributed by atoms with Crippen molar-refractivity contribution in [3.63, 3.8) is 0 Å². The summed E-state index contributed by atoms with van der Waals surface area (Å²) in [5.41, 5.74) is 0.533. The van der Waals surface area contributed by atoms with Crippen LogP contribution in [0.4, 0.5) is 5.69 Å². The summed E-state index contributed by atoms with van der Waals surface area (Å²) in [4.78, 5) is 12.3. The number of carbonyl (C=O) groups excluding carboxylic acids is 1. The van der Waals surface area contributed by atoms with Crippen LogP contribution < -0.4 is 14.4 Å². The Morgan fingerprint density at radius 1 is 1.40 bits per heavy atom. The molecule has 0 unspecified atom stereocenters. The molecule has 1 aliphatic heterocycles. The van der Waals surface area contributed by atoms with Gasteiger partial charge in [-0.2, -0.15) is 0 Å². The average Bonchev–Trinajstić information content (AvgIpc) is 3.10. The molecule has 2 rings (SSSR count). The van der Waals surface area contributed by atoms with Crippen LogP contribution in [0.1, 0.15) is 26.2 Å². The van der Waals surface area contributed by atoms with Gasteiger partial charge in [0.2, 0.25) is 10.0 Å². The molecule has 8 heteroatoms. The first-order chi connectivity index (χ1) is 11.8. The van der Waals surface area contributed by atoms with Gasteiger partial charge in [-0.25, -0.2) is 8.42 Å². The Kier molecular flexibility index (Phi) is 6.66. The average molecular weight is 370 g/mol. The molecule has 0 spiro atoms. The minimum atomic E-state index is -3.31. The maximum atomic E-state index is 12.3. The van der Waals surface area contributed by atoms with Gasteiger partial charge in [-0.05, 0) is 43.5 Å². The van der Waals surface area contributed by atoms with Crippen molar-refractivity contribution in [1.82, 2.24) is 5.32 Å². The Bertz CT molecular complexity index is 669. The van der Waals surface area contributed by atoms with Gasteiger partial charge in [-0.1, -0.05) is 6.92 Å². The Balaban J connectivity index is 1.92. The minimum Gasteiger partial charge on any atom is -0.481 e. The van der Waals surface area contributed by atoms with Crippen LogP contribution in [0.25, 0.3) is 0 Å². The smallest absolute Gasteiger partial charge is 0.261 e. The summed E-state index contributed by atoms with van der Waals surface area (Å²) in [7, 11) is -1.82. The van der Waals surface area contributed by atoms with E-state index in [0.29, 0.717) is 24.4 Å². The third-order valence-corrected chi connectivity index (χ3v) is 5.37. The van der Waals surface area contributed by atoms with Crippen molar-refractivity contribution in [2.45, 2.75) is 38.4 Å². The molecule has 1 heterocycles. The molecule has 140 valence electrons. The highest BCUT2D eigenvalue weighted by atomic mass is 32.2. The minimum absolute atomic E-state index is 0.0901. The summed E-state index contributed by atoms with van der Waals surface area (Å²) in [5.74, 6) is 0.347. The van der Waals surface area contributed by atoms with E-state index >= 15 is 0 Å². The van der Waals surface area contributed by atoms with Crippen LogP contribution in [0.5, 0.6) is 5.75 Å². The molecule has 1 N–H and O–H groups in total. The highest BCUT2D eigenvalue weighted by molar-refractivity contribution is 7.92. The molecule has 1 fully saturated rings. The van der Waals surface area contributed by atoms with Crippen molar-refractivity contribution in [3.8, 4) is 5.75 Å². The Labute approximate surface area is 149 Å². The van der Waals surface area contributed by atoms with Gasteiger partial charge in [0.15, 0.2) is 6.10 Å². The van der Waals surface area contributed by atoms with Crippen molar-refractivity contribution in [1.29, 1.82) is 0 Å². The number of ether oxygens (including phenoxy) is 2. The molecule has 7 nitrogen and oxygen atoms in total. The predicted molar refractivity (Wildman–Crippen MR) is 96.4 cm³/mol. The van der Waals surface area contributed by atoms with Crippen LogP contribution in [0, 0.1) is 0 Å². The molecule has 2 atom stereocenters. The van der Waals surface area contributed by atoms with Gasteiger partial charge in [-0.15, -0.1) is 0 Å². The van der Waals surface area contributed by atoms with Crippen molar-refractivity contribution in [3.05, 3.63) is 24.3 Å². The highest BCUT2D eigenvalue weighted by Crippen LogP contribution is 2.21. The van der Waals surface area contributed by atoms with E-state index in [-0.39, 0.29) is 12.0 Å². The molecular formula is C17H26N2O5S. The highest BCUT2D eigenvalue weighted by Gasteiger charge is 2.21. The number of hydrogen-bond donors (Lipinski definition) is 1. The third kappa shape index (κ3) is 5.61. The Hall–Kier alpha value is -1.80. The zero-order valence-corrected chi connectivity index (χ0v) is 15.7. The molecule has 0 aliphatic carbocycles. The largest absolute Gasteiger partial charge is 0.481 e. The van der Waals surface area contributed by atoms with Crippen LogP contribution >= 0.6 is 0 Å². The summed E-state index contributed by atoms with van der Waals surface area (Å²) in [6.07, 6.45) is 3.16. The molecule has 0 saturated carbocycles. The number of carbonyl (C=O) groups is 1. The van der Waals surface area contributed by atoms with Crippen molar-refractivity contribution in [2.24, 2.45) is 0 Å². The molecule has 0 aromatic heterocycles. The quantitative estimate of drug-likeness (QED) is 0.750. The fourth-order valence-corrected chi connectivity index (χ4v) is 3.05. The molecule has 1 aromatic carbocycles. The number of rotatable bonds is 8. The first-order valence-electron chi connectivity index (χ1n) is 8.41. The molecule has 1 amide bonds. The fourth-order valence-electron chi connectivity index (χ4n) is 2.55. The zero-order chi connectivity index (χ0) is 18.4. The van der Waals surface area contributed by atoms with Crippen LogP contribution in [-0.4, -0.2) is 53.0 Å². The normalized spacial score (nSPS) is 18.6. The van der Waals surface area contributed by atoms with Gasteiger partial charge < -0.3 is 14.8 Å². The van der Waals surface area contributed by atoms with Gasteiger partial charge in [0.1, 0.15) is 5.75 Å². The number of benzene rings is 1. The maximum Gasteiger partial charge on any atom is 0.261 e. The molecule has 25 heavy (non-hydrogen) atoms. The number of hydrogen-bond acceptors (Lipinski definition) is 5. The molecular weight excluding hydrogens is 344 g/mol. The number of nitrogens with one attached hydrogen (secondary N) is 1. The van der Waals surface area contributed by atoms with Crippen molar-refractivity contribution >= 4 is 21.6 Å². The van der Waals surface area contributed by atoms with E-state index in [9.17, 15) is 13.2 Å². The lowest BCUT2D eigenvalue weighted by Gasteiger charge is -2.20. The second-order valence-electron chi connectivity index (χ2n) is 6.12. The van der Waals surface area contributed by atoms with Gasteiger partial charge in [0, 0.05) is 20.2 Å². The first kappa shape index (κ1) is 19.5. The van der Waals surface area contributed by atoms with E-state index in [1.807, 2.05) is 6.92 Å². The molecule has 1 aromatic rings. The standard InChI is InChI=1S/C17H26N2O5S/c1-4-16(17(20)18-12-15-6-5-11-23-15)24-14-9-7-13(8-10-14)19(2)25(3,21)22/h7-10,15-16H,4-6,11-12H2,1-3H3,(H,18,20)/t15-,16-/m0/s1.